The second-order valence-corrected chi connectivity index (χ2v) is 8.25. The number of likely N-dealkylation sites (tertiary alicyclic amines) is 1. The normalized spacial score (nSPS) is 16.8. The van der Waals surface area contributed by atoms with Gasteiger partial charge in [0, 0.05) is 17.8 Å². The second kappa shape index (κ2) is 9.68. The molecule has 1 unspecified atom stereocenters. The second-order valence-electron chi connectivity index (χ2n) is 7.43. The van der Waals surface area contributed by atoms with Crippen molar-refractivity contribution in [3.05, 3.63) is 58.4 Å². The zero-order chi connectivity index (χ0) is 21.8. The summed E-state index contributed by atoms with van der Waals surface area (Å²) in [4.78, 5) is 19.4. The molecule has 1 aliphatic rings. The van der Waals surface area contributed by atoms with Crippen molar-refractivity contribution in [2.75, 3.05) is 25.5 Å². The quantitative estimate of drug-likeness (QED) is 0.563. The van der Waals surface area contributed by atoms with E-state index in [1.165, 1.54) is 0 Å². The van der Waals surface area contributed by atoms with Gasteiger partial charge in [0.25, 0.3) is 0 Å². The van der Waals surface area contributed by atoms with Gasteiger partial charge in [0.05, 0.1) is 29.6 Å². The van der Waals surface area contributed by atoms with Gasteiger partial charge in [-0.25, -0.2) is 0 Å². The summed E-state index contributed by atoms with van der Waals surface area (Å²) in [6, 6.07) is 12.5. The number of carbonyl (C=O) groups excluding carboxylic acids is 1. The Morgan fingerprint density at radius 3 is 2.77 bits per heavy atom. The molecule has 0 saturated carbocycles. The molecule has 1 N–H and O–H groups in total. The van der Waals surface area contributed by atoms with Crippen LogP contribution < -0.4 is 10.1 Å². The number of rotatable bonds is 6. The van der Waals surface area contributed by atoms with E-state index in [2.05, 4.69) is 20.4 Å². The zero-order valence-corrected chi connectivity index (χ0v) is 18.5. The van der Waals surface area contributed by atoms with Gasteiger partial charge in [-0.3, -0.25) is 9.69 Å². The fraction of sp³-hybridized carbons (Fsp3) is 0.318. The Kier molecular flexibility index (Phi) is 6.75. The maximum Gasteiger partial charge on any atom is 0.241 e. The standard InChI is InChI=1S/C22H22Cl2N4O3/c1-30-17-7-4-14(5-8-17)21-26-20(31-27-21)13-28-10-2-3-15(12-28)22(29)25-16-6-9-18(23)19(24)11-16/h4-9,11,15H,2-3,10,12-13H2,1H3,(H,25,29). The molecule has 1 atom stereocenters. The van der Waals surface area contributed by atoms with E-state index in [9.17, 15) is 4.79 Å². The molecular formula is C22H22Cl2N4O3. The molecule has 3 aromatic rings. The van der Waals surface area contributed by atoms with Crippen LogP contribution in [-0.4, -0.2) is 41.1 Å². The van der Waals surface area contributed by atoms with Crippen LogP contribution in [0.15, 0.2) is 47.0 Å². The van der Waals surface area contributed by atoms with Gasteiger partial charge in [0.2, 0.25) is 17.6 Å². The van der Waals surface area contributed by atoms with Crippen molar-refractivity contribution in [1.82, 2.24) is 15.0 Å². The molecule has 0 radical (unpaired) electrons. The minimum atomic E-state index is -0.132. The van der Waals surface area contributed by atoms with Gasteiger partial charge in [0.15, 0.2) is 0 Å². The number of amides is 1. The Hall–Kier alpha value is -2.61. The molecule has 4 rings (SSSR count). The Morgan fingerprint density at radius 2 is 2.03 bits per heavy atom. The van der Waals surface area contributed by atoms with Crippen molar-refractivity contribution < 1.29 is 14.1 Å². The summed E-state index contributed by atoms with van der Waals surface area (Å²) in [5.41, 5.74) is 1.49. The molecule has 9 heteroatoms. The van der Waals surface area contributed by atoms with Gasteiger partial charge in [0.1, 0.15) is 5.75 Å². The molecule has 1 aliphatic heterocycles. The van der Waals surface area contributed by atoms with Crippen molar-refractivity contribution in [2.45, 2.75) is 19.4 Å². The molecule has 0 bridgehead atoms. The van der Waals surface area contributed by atoms with E-state index in [-0.39, 0.29) is 11.8 Å². The first kappa shape index (κ1) is 21.6. The monoisotopic (exact) mass is 460 g/mol. The van der Waals surface area contributed by atoms with Crippen LogP contribution in [0.1, 0.15) is 18.7 Å². The molecule has 1 saturated heterocycles. The van der Waals surface area contributed by atoms with Crippen molar-refractivity contribution in [3.63, 3.8) is 0 Å². The number of ether oxygens (including phenoxy) is 1. The highest BCUT2D eigenvalue weighted by Gasteiger charge is 2.27. The number of halogens is 2. The van der Waals surface area contributed by atoms with Crippen molar-refractivity contribution in [3.8, 4) is 17.1 Å². The number of aromatic nitrogens is 2. The molecule has 1 fully saturated rings. The first-order chi connectivity index (χ1) is 15.0. The molecule has 7 nitrogen and oxygen atoms in total. The Morgan fingerprint density at radius 1 is 1.23 bits per heavy atom. The number of hydrogen-bond donors (Lipinski definition) is 1. The summed E-state index contributed by atoms with van der Waals surface area (Å²) in [7, 11) is 1.62. The molecule has 2 heterocycles. The highest BCUT2D eigenvalue weighted by atomic mass is 35.5. The predicted octanol–water partition coefficient (Wildman–Crippen LogP) is 4.90. The summed E-state index contributed by atoms with van der Waals surface area (Å²) < 4.78 is 10.6. The molecule has 1 amide bonds. The maximum absolute atomic E-state index is 12.7. The molecule has 162 valence electrons. The van der Waals surface area contributed by atoms with E-state index in [0.717, 1.165) is 30.7 Å². The van der Waals surface area contributed by atoms with Gasteiger partial charge in [-0.1, -0.05) is 28.4 Å². The largest absolute Gasteiger partial charge is 0.497 e. The van der Waals surface area contributed by atoms with Crippen LogP contribution in [0.3, 0.4) is 0 Å². The molecule has 2 aromatic carbocycles. The smallest absolute Gasteiger partial charge is 0.241 e. The van der Waals surface area contributed by atoms with Crippen molar-refractivity contribution >= 4 is 34.8 Å². The average Bonchev–Trinajstić information content (AvgIpc) is 3.25. The van der Waals surface area contributed by atoms with Gasteiger partial charge < -0.3 is 14.6 Å². The van der Waals surface area contributed by atoms with Crippen molar-refractivity contribution in [1.29, 1.82) is 0 Å². The van der Waals surface area contributed by atoms with Crippen LogP contribution in [0.2, 0.25) is 10.0 Å². The number of nitrogens with one attached hydrogen (secondary N) is 1. The Labute approximate surface area is 190 Å². The third-order valence-electron chi connectivity index (χ3n) is 5.24. The van der Waals surface area contributed by atoms with Crippen LogP contribution in [0.4, 0.5) is 5.69 Å². The van der Waals surface area contributed by atoms with Gasteiger partial charge in [-0.15, -0.1) is 0 Å². The summed E-state index contributed by atoms with van der Waals surface area (Å²) in [5, 5.41) is 7.87. The predicted molar refractivity (Wildman–Crippen MR) is 119 cm³/mol. The SMILES string of the molecule is COc1ccc(-c2noc(CN3CCCC(C(=O)Nc4ccc(Cl)c(Cl)c4)C3)n2)cc1. The van der Waals surface area contributed by atoms with Crippen LogP contribution in [0.25, 0.3) is 11.4 Å². The molecule has 0 spiro atoms. The van der Waals surface area contributed by atoms with E-state index in [4.69, 9.17) is 32.5 Å². The lowest BCUT2D eigenvalue weighted by atomic mass is 9.97. The van der Waals surface area contributed by atoms with Crippen LogP contribution in [0, 0.1) is 5.92 Å². The van der Waals surface area contributed by atoms with Crippen LogP contribution >= 0.6 is 23.2 Å². The number of hydrogen-bond acceptors (Lipinski definition) is 6. The molecule has 0 aliphatic carbocycles. The minimum absolute atomic E-state index is 0.0347. The third-order valence-corrected chi connectivity index (χ3v) is 5.98. The number of anilines is 1. The van der Waals surface area contributed by atoms with Crippen LogP contribution in [0.5, 0.6) is 5.75 Å². The van der Waals surface area contributed by atoms with E-state index in [0.29, 0.717) is 40.5 Å². The number of nitrogens with zero attached hydrogens (tertiary/aromatic N) is 3. The van der Waals surface area contributed by atoms with Gasteiger partial charge in [-0.2, -0.15) is 4.98 Å². The first-order valence-electron chi connectivity index (χ1n) is 9.97. The Bertz CT molecular complexity index is 1060. The molecular weight excluding hydrogens is 439 g/mol. The summed E-state index contributed by atoms with van der Waals surface area (Å²) in [6.07, 6.45) is 1.74. The summed E-state index contributed by atoms with van der Waals surface area (Å²) in [6.45, 7) is 1.99. The number of carbonyl (C=O) groups is 1. The topological polar surface area (TPSA) is 80.5 Å². The van der Waals surface area contributed by atoms with Crippen molar-refractivity contribution in [2.24, 2.45) is 5.92 Å². The first-order valence-corrected chi connectivity index (χ1v) is 10.7. The van der Waals surface area contributed by atoms with Gasteiger partial charge >= 0.3 is 0 Å². The lowest BCUT2D eigenvalue weighted by molar-refractivity contribution is -0.121. The highest BCUT2D eigenvalue weighted by Crippen LogP contribution is 2.27. The fourth-order valence-electron chi connectivity index (χ4n) is 3.60. The summed E-state index contributed by atoms with van der Waals surface area (Å²) in [5.74, 6) is 1.66. The van der Waals surface area contributed by atoms with E-state index < -0.39 is 0 Å². The number of benzene rings is 2. The third kappa shape index (κ3) is 5.36. The molecule has 31 heavy (non-hydrogen) atoms. The lowest BCUT2D eigenvalue weighted by Gasteiger charge is -2.30. The molecule has 1 aromatic heterocycles. The van der Waals surface area contributed by atoms with Gasteiger partial charge in [-0.05, 0) is 61.9 Å². The average molecular weight is 461 g/mol. The summed E-state index contributed by atoms with van der Waals surface area (Å²) >= 11 is 12.0. The fourth-order valence-corrected chi connectivity index (χ4v) is 3.90. The Balaban J connectivity index is 1.36. The lowest BCUT2D eigenvalue weighted by Crippen LogP contribution is -2.40. The van der Waals surface area contributed by atoms with Crippen LogP contribution in [-0.2, 0) is 11.3 Å². The highest BCUT2D eigenvalue weighted by molar-refractivity contribution is 6.42. The number of methoxy groups -OCH3 is 1. The minimum Gasteiger partial charge on any atom is -0.497 e. The van der Waals surface area contributed by atoms with E-state index >= 15 is 0 Å². The zero-order valence-electron chi connectivity index (χ0n) is 17.0. The number of piperidine rings is 1. The van der Waals surface area contributed by atoms with E-state index in [1.54, 1.807) is 25.3 Å². The van der Waals surface area contributed by atoms with E-state index in [1.807, 2.05) is 24.3 Å². The maximum atomic E-state index is 12.7.